The molecule has 0 saturated carbocycles. The van der Waals surface area contributed by atoms with Gasteiger partial charge in [-0.3, -0.25) is 0 Å². The largest absolute Gasteiger partial charge is 0.493 e. The summed E-state index contributed by atoms with van der Waals surface area (Å²) < 4.78 is 17.3. The zero-order valence-electron chi connectivity index (χ0n) is 20.2. The quantitative estimate of drug-likeness (QED) is 0.268. The van der Waals surface area contributed by atoms with E-state index in [2.05, 4.69) is 46.7 Å². The third-order valence-corrected chi connectivity index (χ3v) is 6.34. The van der Waals surface area contributed by atoms with Gasteiger partial charge in [-0.2, -0.15) is 20.1 Å². The van der Waals surface area contributed by atoms with E-state index in [1.54, 1.807) is 13.3 Å². The van der Waals surface area contributed by atoms with Crippen molar-refractivity contribution in [3.8, 4) is 11.5 Å². The van der Waals surface area contributed by atoms with Crippen LogP contribution in [0, 0.1) is 6.92 Å². The van der Waals surface area contributed by atoms with Crippen molar-refractivity contribution in [3.05, 3.63) is 51.0 Å². The van der Waals surface area contributed by atoms with Crippen LogP contribution in [-0.2, 0) is 4.74 Å². The fourth-order valence-electron chi connectivity index (χ4n) is 3.44. The zero-order valence-corrected chi connectivity index (χ0v) is 22.6. The van der Waals surface area contributed by atoms with Crippen molar-refractivity contribution < 1.29 is 14.2 Å². The number of aryl methyl sites for hydroxylation is 1. The van der Waals surface area contributed by atoms with Gasteiger partial charge in [0.25, 0.3) is 0 Å². The second-order valence-corrected chi connectivity index (χ2v) is 9.06. The molecule has 0 aliphatic carbocycles. The van der Waals surface area contributed by atoms with E-state index < -0.39 is 0 Å². The van der Waals surface area contributed by atoms with Crippen LogP contribution in [0.3, 0.4) is 0 Å². The maximum absolute atomic E-state index is 6.33. The number of hydrogen-bond donors (Lipinski definition) is 2. The molecule has 1 fully saturated rings. The van der Waals surface area contributed by atoms with Gasteiger partial charge >= 0.3 is 0 Å². The molecule has 10 nitrogen and oxygen atoms in total. The summed E-state index contributed by atoms with van der Waals surface area (Å²) in [6.07, 6.45) is 1.65. The summed E-state index contributed by atoms with van der Waals surface area (Å²) in [6, 6.07) is 9.33. The lowest BCUT2D eigenvalue weighted by atomic mass is 10.2. The van der Waals surface area contributed by atoms with Gasteiger partial charge in [-0.05, 0) is 71.2 Å². The molecular weight excluding hydrogens is 550 g/mol. The van der Waals surface area contributed by atoms with E-state index in [4.69, 9.17) is 25.8 Å². The Kier molecular flexibility index (Phi) is 8.79. The van der Waals surface area contributed by atoms with Crippen LogP contribution in [0.2, 0.25) is 5.02 Å². The molecule has 12 heteroatoms. The highest BCUT2D eigenvalue weighted by molar-refractivity contribution is 9.10. The SMILES string of the molecule is CCOc1ccc(/C=N\Nc2nc(Nc3cc(Cl)c(C)cc3Br)nc(N3CCOCC3)n2)cc1OC. The molecule has 0 radical (unpaired) electrons. The number of ether oxygens (including phenoxy) is 3. The van der Waals surface area contributed by atoms with Crippen LogP contribution in [-0.4, -0.2) is 61.2 Å². The van der Waals surface area contributed by atoms with Crippen LogP contribution in [0.5, 0.6) is 11.5 Å². The minimum Gasteiger partial charge on any atom is -0.493 e. The van der Waals surface area contributed by atoms with Gasteiger partial charge in [-0.1, -0.05) is 11.6 Å². The van der Waals surface area contributed by atoms with Crippen molar-refractivity contribution in [1.82, 2.24) is 15.0 Å². The maximum Gasteiger partial charge on any atom is 0.250 e. The van der Waals surface area contributed by atoms with Crippen molar-refractivity contribution in [3.63, 3.8) is 0 Å². The zero-order chi connectivity index (χ0) is 25.5. The van der Waals surface area contributed by atoms with E-state index in [-0.39, 0.29) is 5.95 Å². The van der Waals surface area contributed by atoms with Crippen molar-refractivity contribution in [2.45, 2.75) is 13.8 Å². The monoisotopic (exact) mass is 575 g/mol. The van der Waals surface area contributed by atoms with Gasteiger partial charge in [0.05, 0.1) is 38.8 Å². The second-order valence-electron chi connectivity index (χ2n) is 7.80. The van der Waals surface area contributed by atoms with E-state index in [1.165, 1.54) is 0 Å². The number of benzene rings is 2. The Morgan fingerprint density at radius 2 is 1.92 bits per heavy atom. The number of nitrogens with one attached hydrogen (secondary N) is 2. The minimum atomic E-state index is 0.289. The molecular formula is C24H27BrClN7O3. The number of hydrogen-bond acceptors (Lipinski definition) is 10. The molecule has 36 heavy (non-hydrogen) atoms. The molecule has 3 aromatic rings. The summed E-state index contributed by atoms with van der Waals surface area (Å²) in [7, 11) is 1.60. The molecule has 0 bridgehead atoms. The Morgan fingerprint density at radius 1 is 1.14 bits per heavy atom. The van der Waals surface area contributed by atoms with Crippen LogP contribution < -0.4 is 25.1 Å². The smallest absolute Gasteiger partial charge is 0.250 e. The predicted molar refractivity (Wildman–Crippen MR) is 145 cm³/mol. The highest BCUT2D eigenvalue weighted by Gasteiger charge is 2.17. The Labute approximate surface area is 223 Å². The van der Waals surface area contributed by atoms with Gasteiger partial charge < -0.3 is 24.4 Å². The third-order valence-electron chi connectivity index (χ3n) is 5.28. The van der Waals surface area contributed by atoms with Crippen LogP contribution in [0.15, 0.2) is 39.9 Å². The summed E-state index contributed by atoms with van der Waals surface area (Å²) in [4.78, 5) is 15.7. The molecule has 190 valence electrons. The summed E-state index contributed by atoms with van der Waals surface area (Å²) in [5, 5.41) is 8.18. The average Bonchev–Trinajstić information content (AvgIpc) is 2.88. The lowest BCUT2D eigenvalue weighted by molar-refractivity contribution is 0.122. The van der Waals surface area contributed by atoms with Crippen molar-refractivity contribution in [1.29, 1.82) is 0 Å². The Bertz CT molecular complexity index is 1240. The van der Waals surface area contributed by atoms with E-state index in [0.29, 0.717) is 61.3 Å². The van der Waals surface area contributed by atoms with E-state index in [1.807, 2.05) is 49.1 Å². The molecule has 4 rings (SSSR count). The van der Waals surface area contributed by atoms with Crippen LogP contribution >= 0.6 is 27.5 Å². The van der Waals surface area contributed by atoms with Gasteiger partial charge in [-0.15, -0.1) is 0 Å². The normalized spacial score (nSPS) is 13.6. The van der Waals surface area contributed by atoms with Gasteiger partial charge in [-0.25, -0.2) is 5.43 Å². The van der Waals surface area contributed by atoms with Gasteiger partial charge in [0, 0.05) is 22.6 Å². The van der Waals surface area contributed by atoms with Crippen molar-refractivity contribution in [2.75, 3.05) is 55.7 Å². The number of methoxy groups -OCH3 is 1. The van der Waals surface area contributed by atoms with Crippen LogP contribution in [0.4, 0.5) is 23.5 Å². The number of morpholine rings is 1. The number of rotatable bonds is 9. The number of anilines is 4. The topological polar surface area (TPSA) is 106 Å². The molecule has 1 saturated heterocycles. The highest BCUT2D eigenvalue weighted by Crippen LogP contribution is 2.31. The molecule has 0 amide bonds. The van der Waals surface area contributed by atoms with Gasteiger partial charge in [0.2, 0.25) is 17.8 Å². The lowest BCUT2D eigenvalue weighted by Gasteiger charge is -2.27. The number of halogens is 2. The van der Waals surface area contributed by atoms with Gasteiger partial charge in [0.1, 0.15) is 0 Å². The van der Waals surface area contributed by atoms with Crippen molar-refractivity contribution >= 4 is 57.3 Å². The highest BCUT2D eigenvalue weighted by atomic mass is 79.9. The predicted octanol–water partition coefficient (Wildman–Crippen LogP) is 5.03. The van der Waals surface area contributed by atoms with E-state index in [9.17, 15) is 0 Å². The summed E-state index contributed by atoms with van der Waals surface area (Å²) in [5.74, 6) is 2.47. The lowest BCUT2D eigenvalue weighted by Crippen LogP contribution is -2.37. The first-order valence-corrected chi connectivity index (χ1v) is 12.5. The minimum absolute atomic E-state index is 0.289. The summed E-state index contributed by atoms with van der Waals surface area (Å²) >= 11 is 9.90. The Morgan fingerprint density at radius 3 is 2.67 bits per heavy atom. The molecule has 0 unspecified atom stereocenters. The first-order chi connectivity index (χ1) is 17.5. The number of hydrazone groups is 1. The van der Waals surface area contributed by atoms with Gasteiger partial charge in [0.15, 0.2) is 11.5 Å². The third kappa shape index (κ3) is 6.54. The molecule has 2 N–H and O–H groups in total. The van der Waals surface area contributed by atoms with Crippen LogP contribution in [0.1, 0.15) is 18.1 Å². The van der Waals surface area contributed by atoms with E-state index in [0.717, 1.165) is 21.3 Å². The second kappa shape index (κ2) is 12.2. The molecule has 1 aliphatic rings. The fraction of sp³-hybridized carbons (Fsp3) is 0.333. The summed E-state index contributed by atoms with van der Waals surface area (Å²) in [6.45, 7) is 6.99. The van der Waals surface area contributed by atoms with E-state index >= 15 is 0 Å². The number of aromatic nitrogens is 3. The standard InChI is InChI=1S/C24H27BrClN7O3/c1-4-36-20-6-5-16(12-21(20)34-3)14-27-32-23-29-22(28-19-13-18(26)15(2)11-17(19)25)30-24(31-23)33-7-9-35-10-8-33/h5-6,11-14H,4,7-10H2,1-3H3,(H2,28,29,30,31,32)/b27-14-. The first-order valence-electron chi connectivity index (χ1n) is 11.4. The molecule has 0 spiro atoms. The van der Waals surface area contributed by atoms with Crippen molar-refractivity contribution in [2.24, 2.45) is 5.10 Å². The maximum atomic E-state index is 6.33. The molecule has 1 aliphatic heterocycles. The Hall–Kier alpha value is -3.15. The molecule has 1 aromatic heterocycles. The fourth-order valence-corrected chi connectivity index (χ4v) is 4.16. The average molecular weight is 577 g/mol. The Balaban J connectivity index is 1.58. The molecule has 2 heterocycles. The molecule has 2 aromatic carbocycles. The first kappa shape index (κ1) is 25.9. The van der Waals surface area contributed by atoms with Crippen LogP contribution in [0.25, 0.3) is 0 Å². The number of nitrogens with zero attached hydrogens (tertiary/aromatic N) is 5. The molecule has 0 atom stereocenters. The summed E-state index contributed by atoms with van der Waals surface area (Å²) in [5.41, 5.74) is 5.43.